The molecule has 2 aromatic carbocycles. The molecule has 176 valence electrons. The molecule has 0 fully saturated rings. The quantitative estimate of drug-likeness (QED) is 0.615. The van der Waals surface area contributed by atoms with Crippen LogP contribution in [0.5, 0.6) is 23.0 Å². The molecule has 0 aromatic heterocycles. The Labute approximate surface area is 188 Å². The largest absolute Gasteiger partial charge is 0.487 e. The van der Waals surface area contributed by atoms with Crippen molar-refractivity contribution in [1.29, 1.82) is 0 Å². The first-order valence-corrected chi connectivity index (χ1v) is 12.1. The fraction of sp³-hybridized carbons (Fsp3) is 0.455. The van der Waals surface area contributed by atoms with Gasteiger partial charge in [0.2, 0.25) is 0 Å². The van der Waals surface area contributed by atoms with Gasteiger partial charge in [0.15, 0.2) is 23.0 Å². The molecule has 1 aliphatic rings. The van der Waals surface area contributed by atoms with E-state index >= 15 is 0 Å². The summed E-state index contributed by atoms with van der Waals surface area (Å²) in [6.07, 6.45) is 0.0927. The van der Waals surface area contributed by atoms with Crippen molar-refractivity contribution < 1.29 is 41.0 Å². The molecule has 1 aliphatic heterocycles. The van der Waals surface area contributed by atoms with Crippen LogP contribution in [0.15, 0.2) is 48.5 Å². The summed E-state index contributed by atoms with van der Waals surface area (Å²) in [7, 11) is -3.74. The maximum atomic E-state index is 11.7. The fourth-order valence-corrected chi connectivity index (χ4v) is 3.44. The zero-order chi connectivity index (χ0) is 22.7. The lowest BCUT2D eigenvalue weighted by Crippen LogP contribution is -2.31. The Hall–Kier alpha value is -2.53. The van der Waals surface area contributed by atoms with E-state index in [0.29, 0.717) is 62.6 Å². The molecule has 3 rings (SSSR count). The van der Waals surface area contributed by atoms with E-state index < -0.39 is 16.2 Å². The van der Waals surface area contributed by atoms with Crippen LogP contribution in [0.25, 0.3) is 0 Å². The number of ether oxygens (including phenoxy) is 6. The molecule has 9 nitrogen and oxygen atoms in total. The van der Waals surface area contributed by atoms with Gasteiger partial charge in [-0.25, -0.2) is 0 Å². The number of rotatable bonds is 2. The highest BCUT2D eigenvalue weighted by atomic mass is 32.2. The van der Waals surface area contributed by atoms with Crippen molar-refractivity contribution in [1.82, 2.24) is 0 Å². The molecular weight excluding hydrogens is 440 g/mol. The van der Waals surface area contributed by atoms with Crippen LogP contribution in [0.4, 0.5) is 0 Å². The van der Waals surface area contributed by atoms with Crippen LogP contribution in [0.1, 0.15) is 0 Å². The Morgan fingerprint density at radius 3 is 1.44 bits per heavy atom. The van der Waals surface area contributed by atoms with Crippen LogP contribution in [0.2, 0.25) is 0 Å². The lowest BCUT2D eigenvalue weighted by molar-refractivity contribution is 0.0269. The van der Waals surface area contributed by atoms with E-state index in [1.165, 1.54) is 0 Å². The lowest BCUT2D eigenvalue weighted by atomic mass is 10.3. The topological polar surface area (TPSA) is 98.8 Å². The van der Waals surface area contributed by atoms with Gasteiger partial charge < -0.3 is 28.4 Å². The van der Waals surface area contributed by atoms with Crippen molar-refractivity contribution in [2.45, 2.75) is 6.10 Å². The Bertz CT molecular complexity index is 873. The lowest BCUT2D eigenvalue weighted by Gasteiger charge is -2.20. The Morgan fingerprint density at radius 2 is 1.03 bits per heavy atom. The first-order chi connectivity index (χ1) is 15.5. The summed E-state index contributed by atoms with van der Waals surface area (Å²) in [6, 6.07) is 14.2. The molecule has 2 aromatic rings. The minimum Gasteiger partial charge on any atom is -0.487 e. The van der Waals surface area contributed by atoms with Crippen molar-refractivity contribution in [2.24, 2.45) is 0 Å². The van der Waals surface area contributed by atoms with Gasteiger partial charge in [-0.15, -0.1) is 0 Å². The summed E-state index contributed by atoms with van der Waals surface area (Å²) in [5, 5.41) is 0. The van der Waals surface area contributed by atoms with E-state index in [-0.39, 0.29) is 13.2 Å². The number of hydrogen-bond donors (Lipinski definition) is 0. The molecule has 0 N–H and O–H groups in total. The molecule has 0 amide bonds. The van der Waals surface area contributed by atoms with Crippen LogP contribution >= 0.6 is 0 Å². The van der Waals surface area contributed by atoms with Crippen molar-refractivity contribution in [3.8, 4) is 23.0 Å². The summed E-state index contributed by atoms with van der Waals surface area (Å²) < 4.78 is 62.8. The maximum Gasteiger partial charge on any atom is 0.264 e. The Balaban J connectivity index is 1.75. The van der Waals surface area contributed by atoms with Gasteiger partial charge in [-0.1, -0.05) is 24.3 Å². The van der Waals surface area contributed by atoms with Crippen LogP contribution in [-0.2, 0) is 23.8 Å². The maximum absolute atomic E-state index is 11.7. The van der Waals surface area contributed by atoms with Gasteiger partial charge in [0.25, 0.3) is 10.1 Å². The van der Waals surface area contributed by atoms with Gasteiger partial charge >= 0.3 is 0 Å². The second-order valence-corrected chi connectivity index (χ2v) is 8.46. The second kappa shape index (κ2) is 12.5. The zero-order valence-corrected chi connectivity index (χ0v) is 18.8. The minimum atomic E-state index is -3.74. The Morgan fingerprint density at radius 1 is 0.656 bits per heavy atom. The molecule has 0 unspecified atom stereocenters. The monoisotopic (exact) mass is 468 g/mol. The molecule has 32 heavy (non-hydrogen) atoms. The number of para-hydroxylation sites is 4. The average Bonchev–Trinajstić information content (AvgIpc) is 2.77. The standard InChI is InChI=1S/C22H28O9S/c1-32(23,24)31-18-16-29-21-8-4-2-6-19(21)27-14-12-25-10-11-26-13-15-28-20-7-3-5-9-22(20)30-17-18/h2-9,18H,10-17H2,1H3. The highest BCUT2D eigenvalue weighted by molar-refractivity contribution is 7.86. The first kappa shape index (κ1) is 24.1. The number of hydrogen-bond acceptors (Lipinski definition) is 9. The van der Waals surface area contributed by atoms with E-state index in [4.69, 9.17) is 32.6 Å². The van der Waals surface area contributed by atoms with Crippen LogP contribution in [-0.4, -0.2) is 73.6 Å². The molecule has 0 spiro atoms. The molecular formula is C22H28O9S. The van der Waals surface area contributed by atoms with Crippen LogP contribution in [0, 0.1) is 0 Å². The van der Waals surface area contributed by atoms with Crippen molar-refractivity contribution in [3.63, 3.8) is 0 Å². The predicted octanol–water partition coefficient (Wildman–Crippen LogP) is 2.29. The minimum absolute atomic E-state index is 0.0686. The van der Waals surface area contributed by atoms with Crippen molar-refractivity contribution in [2.75, 3.05) is 59.1 Å². The third-order valence-electron chi connectivity index (χ3n) is 4.20. The normalized spacial score (nSPS) is 17.5. The summed E-state index contributed by atoms with van der Waals surface area (Å²) in [4.78, 5) is 0. The summed E-state index contributed by atoms with van der Waals surface area (Å²) in [5.41, 5.74) is 0. The molecule has 10 heteroatoms. The highest BCUT2D eigenvalue weighted by Crippen LogP contribution is 2.28. The van der Waals surface area contributed by atoms with E-state index in [1.54, 1.807) is 36.4 Å². The molecule has 0 saturated carbocycles. The van der Waals surface area contributed by atoms with Gasteiger partial charge in [0.1, 0.15) is 32.5 Å². The van der Waals surface area contributed by atoms with E-state index in [2.05, 4.69) is 0 Å². The van der Waals surface area contributed by atoms with Gasteiger partial charge in [-0.3, -0.25) is 4.18 Å². The van der Waals surface area contributed by atoms with E-state index in [0.717, 1.165) is 6.26 Å². The van der Waals surface area contributed by atoms with Gasteiger partial charge in [-0.2, -0.15) is 8.42 Å². The zero-order valence-electron chi connectivity index (χ0n) is 17.9. The van der Waals surface area contributed by atoms with Crippen molar-refractivity contribution in [3.05, 3.63) is 48.5 Å². The van der Waals surface area contributed by atoms with Gasteiger partial charge in [-0.05, 0) is 24.3 Å². The number of benzene rings is 2. The second-order valence-electron chi connectivity index (χ2n) is 6.86. The summed E-state index contributed by atoms with van der Waals surface area (Å²) >= 11 is 0. The van der Waals surface area contributed by atoms with Crippen LogP contribution in [0.3, 0.4) is 0 Å². The SMILES string of the molecule is CS(=O)(=O)OC1COc2ccccc2OCCOCCOCCOc2ccccc2OC1. The first-order valence-electron chi connectivity index (χ1n) is 10.2. The van der Waals surface area contributed by atoms with Gasteiger partial charge in [0.05, 0.1) is 32.7 Å². The van der Waals surface area contributed by atoms with Gasteiger partial charge in [0, 0.05) is 0 Å². The predicted molar refractivity (Wildman–Crippen MR) is 116 cm³/mol. The highest BCUT2D eigenvalue weighted by Gasteiger charge is 2.20. The molecule has 1 heterocycles. The molecule has 0 radical (unpaired) electrons. The molecule has 0 saturated heterocycles. The smallest absolute Gasteiger partial charge is 0.264 e. The van der Waals surface area contributed by atoms with Crippen molar-refractivity contribution >= 4 is 10.1 Å². The summed E-state index contributed by atoms with van der Waals surface area (Å²) in [5.74, 6) is 1.95. The Kier molecular flexibility index (Phi) is 9.42. The average molecular weight is 469 g/mol. The molecule has 0 atom stereocenters. The summed E-state index contributed by atoms with van der Waals surface area (Å²) in [6.45, 7) is 2.15. The van der Waals surface area contributed by atoms with E-state index in [9.17, 15) is 8.42 Å². The fourth-order valence-electron chi connectivity index (χ4n) is 2.84. The molecule has 0 bridgehead atoms. The third kappa shape index (κ3) is 8.54. The third-order valence-corrected chi connectivity index (χ3v) is 4.82. The number of fused-ring (bicyclic) bond motifs is 2. The van der Waals surface area contributed by atoms with E-state index in [1.807, 2.05) is 12.1 Å². The van der Waals surface area contributed by atoms with Crippen LogP contribution < -0.4 is 18.9 Å². The molecule has 0 aliphatic carbocycles.